The number of hydrogen-bond acceptors (Lipinski definition) is 2. The molecule has 1 aromatic heterocycles. The first-order valence-corrected chi connectivity index (χ1v) is 7.18. The molecule has 1 heterocycles. The summed E-state index contributed by atoms with van der Waals surface area (Å²) in [5.74, 6) is 0. The maximum Gasteiger partial charge on any atom is 0.175 e. The van der Waals surface area contributed by atoms with Gasteiger partial charge in [0.2, 0.25) is 0 Å². The lowest BCUT2D eigenvalue weighted by Gasteiger charge is -2.12. The second-order valence-electron chi connectivity index (χ2n) is 4.71. The number of nitrogens with zero attached hydrogens (tertiary/aromatic N) is 1. The van der Waals surface area contributed by atoms with Gasteiger partial charge in [0.1, 0.15) is 0 Å². The molecule has 0 unspecified atom stereocenters. The molecule has 3 rings (SSSR count). The normalized spacial score (nSPS) is 10.6. The molecule has 0 atom stereocenters. The molecule has 0 spiro atoms. The molecule has 106 valence electrons. The maximum atomic E-state index is 5.94. The highest BCUT2D eigenvalue weighted by Crippen LogP contribution is 2.20. The molecule has 0 aliphatic rings. The first-order valence-electron chi connectivity index (χ1n) is 6.39. The van der Waals surface area contributed by atoms with Crippen molar-refractivity contribution >= 4 is 51.2 Å². The average Bonchev–Trinajstić information content (AvgIpc) is 2.89. The lowest BCUT2D eigenvalue weighted by molar-refractivity contribution is 1.12. The Morgan fingerprint density at radius 3 is 2.86 bits per heavy atom. The van der Waals surface area contributed by atoms with Gasteiger partial charge in [0.15, 0.2) is 5.11 Å². The van der Waals surface area contributed by atoms with Crippen molar-refractivity contribution in [1.82, 2.24) is 10.2 Å². The van der Waals surface area contributed by atoms with Gasteiger partial charge in [-0.2, -0.15) is 5.10 Å². The molecule has 0 radical (unpaired) electrons. The monoisotopic (exact) mass is 316 g/mol. The van der Waals surface area contributed by atoms with E-state index in [-0.39, 0.29) is 0 Å². The minimum Gasteiger partial charge on any atom is -0.332 e. The molecule has 3 aromatic rings. The van der Waals surface area contributed by atoms with E-state index < -0.39 is 0 Å². The average molecular weight is 317 g/mol. The lowest BCUT2D eigenvalue weighted by atomic mass is 10.2. The molecule has 0 aliphatic heterocycles. The van der Waals surface area contributed by atoms with Crippen molar-refractivity contribution in [2.75, 3.05) is 10.6 Å². The van der Waals surface area contributed by atoms with Crippen LogP contribution in [0.1, 0.15) is 5.56 Å². The molecule has 0 fully saturated rings. The summed E-state index contributed by atoms with van der Waals surface area (Å²) >= 11 is 11.3. The van der Waals surface area contributed by atoms with Crippen LogP contribution < -0.4 is 10.6 Å². The standard InChI is InChI=1S/C15H13ClN4S/c1-9-6-11(16)3-5-13(9)19-15(21)18-12-4-2-10-8-17-20-14(10)7-12/h2-8H,1H3,(H,17,20)(H2,18,19,21). The zero-order chi connectivity index (χ0) is 14.8. The Bertz CT molecular complexity index is 812. The summed E-state index contributed by atoms with van der Waals surface area (Å²) in [6, 6.07) is 11.5. The van der Waals surface area contributed by atoms with Crippen LogP contribution in [0.2, 0.25) is 5.02 Å². The van der Waals surface area contributed by atoms with Crippen LogP contribution in [0.3, 0.4) is 0 Å². The van der Waals surface area contributed by atoms with Crippen LogP contribution in [0.4, 0.5) is 11.4 Å². The van der Waals surface area contributed by atoms with Gasteiger partial charge in [0.05, 0.1) is 11.7 Å². The predicted molar refractivity (Wildman–Crippen MR) is 92.1 cm³/mol. The van der Waals surface area contributed by atoms with Gasteiger partial charge in [-0.15, -0.1) is 0 Å². The largest absolute Gasteiger partial charge is 0.332 e. The van der Waals surface area contributed by atoms with E-state index >= 15 is 0 Å². The molecule has 2 aromatic carbocycles. The van der Waals surface area contributed by atoms with Crippen LogP contribution in [-0.4, -0.2) is 15.3 Å². The number of thiocarbonyl (C=S) groups is 1. The van der Waals surface area contributed by atoms with Crippen LogP contribution in [0.15, 0.2) is 42.6 Å². The van der Waals surface area contributed by atoms with Gasteiger partial charge >= 0.3 is 0 Å². The van der Waals surface area contributed by atoms with Gasteiger partial charge in [0, 0.05) is 21.8 Å². The van der Waals surface area contributed by atoms with E-state index in [0.717, 1.165) is 27.8 Å². The number of nitrogens with one attached hydrogen (secondary N) is 3. The maximum absolute atomic E-state index is 5.94. The van der Waals surface area contributed by atoms with Crippen molar-refractivity contribution in [3.8, 4) is 0 Å². The Morgan fingerprint density at radius 2 is 2.05 bits per heavy atom. The van der Waals surface area contributed by atoms with E-state index in [9.17, 15) is 0 Å². The van der Waals surface area contributed by atoms with Gasteiger partial charge in [-0.3, -0.25) is 5.10 Å². The predicted octanol–water partition coefficient (Wildman–Crippen LogP) is 4.33. The lowest BCUT2D eigenvalue weighted by Crippen LogP contribution is -2.19. The number of anilines is 2. The highest BCUT2D eigenvalue weighted by Gasteiger charge is 2.04. The fourth-order valence-corrected chi connectivity index (χ4v) is 2.52. The first-order chi connectivity index (χ1) is 10.1. The van der Waals surface area contributed by atoms with Crippen molar-refractivity contribution in [1.29, 1.82) is 0 Å². The van der Waals surface area contributed by atoms with E-state index in [1.54, 1.807) is 6.20 Å². The third-order valence-electron chi connectivity index (χ3n) is 3.14. The van der Waals surface area contributed by atoms with Crippen LogP contribution in [0.25, 0.3) is 10.9 Å². The Morgan fingerprint density at radius 1 is 1.19 bits per heavy atom. The summed E-state index contributed by atoms with van der Waals surface area (Å²) in [4.78, 5) is 0. The molecule has 21 heavy (non-hydrogen) atoms. The number of rotatable bonds is 2. The summed E-state index contributed by atoms with van der Waals surface area (Å²) in [6.07, 6.45) is 1.78. The number of fused-ring (bicyclic) bond motifs is 1. The summed E-state index contributed by atoms with van der Waals surface area (Å²) in [5.41, 5.74) is 3.83. The van der Waals surface area contributed by atoms with Crippen LogP contribution in [0, 0.1) is 6.92 Å². The highest BCUT2D eigenvalue weighted by molar-refractivity contribution is 7.80. The number of hydrogen-bond donors (Lipinski definition) is 3. The van der Waals surface area contributed by atoms with Crippen molar-refractivity contribution in [3.63, 3.8) is 0 Å². The molecule has 3 N–H and O–H groups in total. The Labute approximate surface area is 132 Å². The summed E-state index contributed by atoms with van der Waals surface area (Å²) in [7, 11) is 0. The van der Waals surface area contributed by atoms with Gasteiger partial charge in [0.25, 0.3) is 0 Å². The zero-order valence-electron chi connectivity index (χ0n) is 11.3. The molecular formula is C15H13ClN4S. The topological polar surface area (TPSA) is 52.7 Å². The molecule has 0 saturated carbocycles. The van der Waals surface area contributed by atoms with E-state index in [1.807, 2.05) is 43.3 Å². The van der Waals surface area contributed by atoms with Gasteiger partial charge in [-0.25, -0.2) is 0 Å². The van der Waals surface area contributed by atoms with Crippen molar-refractivity contribution in [2.45, 2.75) is 6.92 Å². The van der Waals surface area contributed by atoms with Gasteiger partial charge < -0.3 is 10.6 Å². The molecule has 0 bridgehead atoms. The minimum absolute atomic E-state index is 0.527. The second-order valence-corrected chi connectivity index (χ2v) is 5.56. The van der Waals surface area contributed by atoms with Gasteiger partial charge in [-0.1, -0.05) is 11.6 Å². The number of H-pyrrole nitrogens is 1. The summed E-state index contributed by atoms with van der Waals surface area (Å²) in [5, 5.41) is 15.5. The third kappa shape index (κ3) is 3.15. The van der Waals surface area contributed by atoms with E-state index in [1.165, 1.54) is 0 Å². The molecule has 0 amide bonds. The van der Waals surface area contributed by atoms with Crippen LogP contribution in [0.5, 0.6) is 0 Å². The Balaban J connectivity index is 1.73. The second kappa shape index (κ2) is 5.71. The Hall–Kier alpha value is -2.11. The summed E-state index contributed by atoms with van der Waals surface area (Å²) < 4.78 is 0. The van der Waals surface area contributed by atoms with Crippen LogP contribution >= 0.6 is 23.8 Å². The fourth-order valence-electron chi connectivity index (χ4n) is 2.07. The molecule has 0 aliphatic carbocycles. The molecule has 6 heteroatoms. The van der Waals surface area contributed by atoms with E-state index in [2.05, 4.69) is 20.8 Å². The molecule has 4 nitrogen and oxygen atoms in total. The first kappa shape index (κ1) is 13.9. The van der Waals surface area contributed by atoms with Crippen molar-refractivity contribution < 1.29 is 0 Å². The molecular weight excluding hydrogens is 304 g/mol. The van der Waals surface area contributed by atoms with Crippen molar-refractivity contribution in [2.24, 2.45) is 0 Å². The smallest absolute Gasteiger partial charge is 0.175 e. The van der Waals surface area contributed by atoms with Crippen molar-refractivity contribution in [3.05, 3.63) is 53.2 Å². The number of aromatic nitrogens is 2. The zero-order valence-corrected chi connectivity index (χ0v) is 12.8. The SMILES string of the molecule is Cc1cc(Cl)ccc1NC(=S)Nc1ccc2cn[nH]c2c1. The third-order valence-corrected chi connectivity index (χ3v) is 3.58. The van der Waals surface area contributed by atoms with Crippen LogP contribution in [-0.2, 0) is 0 Å². The quantitative estimate of drug-likeness (QED) is 0.616. The molecule has 0 saturated heterocycles. The van der Waals surface area contributed by atoms with E-state index in [4.69, 9.17) is 23.8 Å². The summed E-state index contributed by atoms with van der Waals surface area (Å²) in [6.45, 7) is 1.98. The number of aryl methyl sites for hydroxylation is 1. The minimum atomic E-state index is 0.527. The number of halogens is 1. The number of aromatic amines is 1. The Kier molecular flexibility index (Phi) is 3.77. The van der Waals surface area contributed by atoms with E-state index in [0.29, 0.717) is 10.1 Å². The number of benzene rings is 2. The highest BCUT2D eigenvalue weighted by atomic mass is 35.5. The van der Waals surface area contributed by atoms with Gasteiger partial charge in [-0.05, 0) is 61.1 Å². The fraction of sp³-hybridized carbons (Fsp3) is 0.0667.